The summed E-state index contributed by atoms with van der Waals surface area (Å²) >= 11 is 0. The van der Waals surface area contributed by atoms with Gasteiger partial charge in [-0.25, -0.2) is 9.59 Å². The van der Waals surface area contributed by atoms with E-state index >= 15 is 0 Å². The highest BCUT2D eigenvalue weighted by Crippen LogP contribution is 2.27. The standard InChI is InChI=1S/C19H28N2O4/c1-3-20-18(22)25-13-14(2)7-4-5-8-15-9-6-10-16-11-21(19(23)24)12-17(15)16/h6,9-10,14H,3-5,7-8,11-13H2,1-2H3,(H,20,22)(H,23,24). The van der Waals surface area contributed by atoms with Crippen LogP contribution in [-0.4, -0.2) is 35.3 Å². The van der Waals surface area contributed by atoms with E-state index in [-0.39, 0.29) is 6.09 Å². The molecule has 2 N–H and O–H groups in total. The van der Waals surface area contributed by atoms with Gasteiger partial charge in [0.15, 0.2) is 0 Å². The molecule has 1 aliphatic rings. The van der Waals surface area contributed by atoms with Crippen LogP contribution in [0.15, 0.2) is 18.2 Å². The minimum atomic E-state index is -0.858. The van der Waals surface area contributed by atoms with Crippen molar-refractivity contribution in [3.8, 4) is 0 Å². The summed E-state index contributed by atoms with van der Waals surface area (Å²) in [6.07, 6.45) is 2.87. The number of amides is 2. The van der Waals surface area contributed by atoms with Crippen LogP contribution >= 0.6 is 0 Å². The van der Waals surface area contributed by atoms with Crippen LogP contribution in [0.2, 0.25) is 0 Å². The molecule has 1 unspecified atom stereocenters. The molecular formula is C19H28N2O4. The van der Waals surface area contributed by atoms with Gasteiger partial charge < -0.3 is 15.2 Å². The van der Waals surface area contributed by atoms with Gasteiger partial charge in [-0.1, -0.05) is 31.5 Å². The lowest BCUT2D eigenvalue weighted by molar-refractivity contribution is 0.128. The number of aryl methyl sites for hydroxylation is 1. The number of nitrogens with one attached hydrogen (secondary N) is 1. The van der Waals surface area contributed by atoms with Crippen molar-refractivity contribution in [2.75, 3.05) is 13.2 Å². The van der Waals surface area contributed by atoms with Crippen molar-refractivity contribution in [2.24, 2.45) is 5.92 Å². The number of alkyl carbamates (subject to hydrolysis) is 1. The van der Waals surface area contributed by atoms with Crippen molar-refractivity contribution in [1.29, 1.82) is 0 Å². The van der Waals surface area contributed by atoms with Crippen LogP contribution in [0.5, 0.6) is 0 Å². The molecule has 6 heteroatoms. The summed E-state index contributed by atoms with van der Waals surface area (Å²) in [6, 6.07) is 6.14. The fraction of sp³-hybridized carbons (Fsp3) is 0.579. The summed E-state index contributed by atoms with van der Waals surface area (Å²) in [5, 5.41) is 11.8. The fourth-order valence-corrected chi connectivity index (χ4v) is 3.17. The van der Waals surface area contributed by atoms with Gasteiger partial charge in [0.25, 0.3) is 0 Å². The molecule has 1 heterocycles. The highest BCUT2D eigenvalue weighted by atomic mass is 16.5. The molecule has 0 aromatic heterocycles. The highest BCUT2D eigenvalue weighted by molar-refractivity contribution is 5.67. The van der Waals surface area contributed by atoms with Crippen LogP contribution in [0.4, 0.5) is 9.59 Å². The average Bonchev–Trinajstić information content (AvgIpc) is 3.02. The van der Waals surface area contributed by atoms with Crippen LogP contribution in [0, 0.1) is 5.92 Å². The Labute approximate surface area is 149 Å². The first-order chi connectivity index (χ1) is 12.0. The Balaban J connectivity index is 1.72. The number of hydrogen-bond acceptors (Lipinski definition) is 3. The molecule has 6 nitrogen and oxygen atoms in total. The molecule has 0 fully saturated rings. The molecule has 0 saturated heterocycles. The van der Waals surface area contributed by atoms with Crippen molar-refractivity contribution in [3.63, 3.8) is 0 Å². The molecule has 1 aromatic carbocycles. The first-order valence-corrected chi connectivity index (χ1v) is 8.99. The number of nitrogens with zero attached hydrogens (tertiary/aromatic N) is 1. The molecule has 2 rings (SSSR count). The summed E-state index contributed by atoms with van der Waals surface area (Å²) in [4.78, 5) is 23.9. The Morgan fingerprint density at radius 1 is 1.32 bits per heavy atom. The molecule has 0 spiro atoms. The lowest BCUT2D eigenvalue weighted by atomic mass is 9.97. The van der Waals surface area contributed by atoms with E-state index in [2.05, 4.69) is 18.3 Å². The molecular weight excluding hydrogens is 320 g/mol. The zero-order valence-electron chi connectivity index (χ0n) is 15.1. The Morgan fingerprint density at radius 2 is 2.12 bits per heavy atom. The third kappa shape index (κ3) is 5.66. The average molecular weight is 348 g/mol. The lowest BCUT2D eigenvalue weighted by Gasteiger charge is -2.13. The van der Waals surface area contributed by atoms with Crippen LogP contribution in [-0.2, 0) is 24.2 Å². The largest absolute Gasteiger partial charge is 0.465 e. The van der Waals surface area contributed by atoms with Gasteiger partial charge in [0.1, 0.15) is 0 Å². The monoisotopic (exact) mass is 348 g/mol. The molecule has 0 bridgehead atoms. The van der Waals surface area contributed by atoms with E-state index in [9.17, 15) is 9.59 Å². The Hall–Kier alpha value is -2.24. The molecule has 2 amide bonds. The van der Waals surface area contributed by atoms with Crippen molar-refractivity contribution < 1.29 is 19.4 Å². The Kier molecular flexibility index (Phi) is 7.10. The third-order valence-corrected chi connectivity index (χ3v) is 4.56. The molecule has 1 aromatic rings. The van der Waals surface area contributed by atoms with E-state index in [1.165, 1.54) is 16.0 Å². The quantitative estimate of drug-likeness (QED) is 0.701. The summed E-state index contributed by atoms with van der Waals surface area (Å²) in [5.41, 5.74) is 3.56. The Bertz CT molecular complexity index is 603. The normalized spacial score (nSPS) is 14.1. The van der Waals surface area contributed by atoms with Crippen molar-refractivity contribution in [3.05, 3.63) is 34.9 Å². The molecule has 25 heavy (non-hydrogen) atoms. The summed E-state index contributed by atoms with van der Waals surface area (Å²) in [7, 11) is 0. The number of unbranched alkanes of at least 4 members (excludes halogenated alkanes) is 1. The zero-order chi connectivity index (χ0) is 18.2. The number of carbonyl (C=O) groups excluding carboxylic acids is 1. The van der Waals surface area contributed by atoms with Gasteiger partial charge in [-0.3, -0.25) is 4.90 Å². The minimum absolute atomic E-state index is 0.339. The zero-order valence-corrected chi connectivity index (χ0v) is 15.1. The maximum Gasteiger partial charge on any atom is 0.407 e. The van der Waals surface area contributed by atoms with Crippen molar-refractivity contribution in [2.45, 2.75) is 52.6 Å². The first kappa shape index (κ1) is 19.1. The Morgan fingerprint density at radius 3 is 2.84 bits per heavy atom. The number of rotatable bonds is 8. The van der Waals surface area contributed by atoms with Gasteiger partial charge in [-0.05, 0) is 48.8 Å². The van der Waals surface area contributed by atoms with Crippen LogP contribution in [0.1, 0.15) is 49.8 Å². The third-order valence-electron chi connectivity index (χ3n) is 4.56. The maximum absolute atomic E-state index is 11.3. The summed E-state index contributed by atoms with van der Waals surface area (Å²) in [5.74, 6) is 0.339. The van der Waals surface area contributed by atoms with E-state index in [0.29, 0.717) is 32.2 Å². The van der Waals surface area contributed by atoms with E-state index in [4.69, 9.17) is 9.84 Å². The van der Waals surface area contributed by atoms with Gasteiger partial charge in [0, 0.05) is 19.6 Å². The number of hydrogen-bond donors (Lipinski definition) is 2. The molecule has 138 valence electrons. The molecule has 1 aliphatic heterocycles. The van der Waals surface area contributed by atoms with E-state index in [0.717, 1.165) is 31.2 Å². The number of carbonyl (C=O) groups is 2. The van der Waals surface area contributed by atoms with E-state index in [1.807, 2.05) is 19.1 Å². The van der Waals surface area contributed by atoms with Crippen LogP contribution < -0.4 is 5.32 Å². The minimum Gasteiger partial charge on any atom is -0.465 e. The second kappa shape index (κ2) is 9.30. The SMILES string of the molecule is CCNC(=O)OCC(C)CCCCc1cccc2c1CN(C(=O)O)C2. The molecule has 0 aliphatic carbocycles. The number of fused-ring (bicyclic) bond motifs is 1. The van der Waals surface area contributed by atoms with E-state index in [1.54, 1.807) is 0 Å². The van der Waals surface area contributed by atoms with Gasteiger partial charge in [0.05, 0.1) is 6.61 Å². The lowest BCUT2D eigenvalue weighted by Crippen LogP contribution is -2.25. The predicted molar refractivity (Wildman–Crippen MR) is 95.5 cm³/mol. The first-order valence-electron chi connectivity index (χ1n) is 8.99. The second-order valence-corrected chi connectivity index (χ2v) is 6.67. The van der Waals surface area contributed by atoms with Crippen molar-refractivity contribution >= 4 is 12.2 Å². The number of carboxylic acid groups (broad SMARTS) is 1. The number of ether oxygens (including phenoxy) is 1. The second-order valence-electron chi connectivity index (χ2n) is 6.67. The van der Waals surface area contributed by atoms with Gasteiger partial charge in [-0.2, -0.15) is 0 Å². The van der Waals surface area contributed by atoms with Gasteiger partial charge >= 0.3 is 12.2 Å². The predicted octanol–water partition coefficient (Wildman–Crippen LogP) is 3.78. The molecule has 1 atom stereocenters. The van der Waals surface area contributed by atoms with Gasteiger partial charge in [0.2, 0.25) is 0 Å². The summed E-state index contributed by atoms with van der Waals surface area (Å²) < 4.78 is 5.14. The van der Waals surface area contributed by atoms with Crippen LogP contribution in [0.25, 0.3) is 0 Å². The summed E-state index contributed by atoms with van der Waals surface area (Å²) in [6.45, 7) is 5.96. The molecule has 0 saturated carbocycles. The maximum atomic E-state index is 11.3. The topological polar surface area (TPSA) is 78.9 Å². The molecule has 0 radical (unpaired) electrons. The number of benzene rings is 1. The van der Waals surface area contributed by atoms with Crippen LogP contribution in [0.3, 0.4) is 0 Å². The van der Waals surface area contributed by atoms with Gasteiger partial charge in [-0.15, -0.1) is 0 Å². The highest BCUT2D eigenvalue weighted by Gasteiger charge is 2.24. The fourth-order valence-electron chi connectivity index (χ4n) is 3.17. The van der Waals surface area contributed by atoms with E-state index < -0.39 is 6.09 Å². The van der Waals surface area contributed by atoms with Crippen molar-refractivity contribution in [1.82, 2.24) is 10.2 Å². The smallest absolute Gasteiger partial charge is 0.407 e.